The zero-order valence-corrected chi connectivity index (χ0v) is 15.3. The molecule has 0 aliphatic heterocycles. The summed E-state index contributed by atoms with van der Waals surface area (Å²) < 4.78 is 0. The third-order valence-corrected chi connectivity index (χ3v) is 2.19. The summed E-state index contributed by atoms with van der Waals surface area (Å²) in [5, 5.41) is 20.3. The molecule has 0 aliphatic carbocycles. The van der Waals surface area contributed by atoms with E-state index in [4.69, 9.17) is 0 Å². The Morgan fingerprint density at radius 2 is 1.05 bits per heavy atom. The van der Waals surface area contributed by atoms with Crippen molar-refractivity contribution in [3.05, 3.63) is 23.3 Å². The van der Waals surface area contributed by atoms with E-state index in [0.717, 1.165) is 12.8 Å². The third-order valence-electron chi connectivity index (χ3n) is 2.19. The Balaban J connectivity index is -0.000000256. The van der Waals surface area contributed by atoms with Gasteiger partial charge in [-0.3, -0.25) is 0 Å². The SMILES string of the molecule is CC/C=C(/CC)C(=O)[O-].CC/C=C(/CC)C(=O)[O-].[Zn+2]. The Morgan fingerprint density at radius 3 is 1.11 bits per heavy atom. The van der Waals surface area contributed by atoms with E-state index in [0.29, 0.717) is 24.0 Å². The quantitative estimate of drug-likeness (QED) is 0.539. The number of hydrogen-bond donors (Lipinski definition) is 0. The van der Waals surface area contributed by atoms with Gasteiger partial charge in [0.15, 0.2) is 0 Å². The van der Waals surface area contributed by atoms with Crippen molar-refractivity contribution in [3.8, 4) is 0 Å². The molecule has 0 fully saturated rings. The normalized spacial score (nSPS) is 10.9. The molecule has 0 spiro atoms. The zero-order valence-electron chi connectivity index (χ0n) is 12.3. The van der Waals surface area contributed by atoms with Crippen molar-refractivity contribution in [2.75, 3.05) is 0 Å². The maximum Gasteiger partial charge on any atom is 2.00 e. The molecule has 0 rings (SSSR count). The molecule has 0 atom stereocenters. The number of rotatable bonds is 6. The van der Waals surface area contributed by atoms with Gasteiger partial charge in [0.25, 0.3) is 0 Å². The molecule has 0 bridgehead atoms. The largest absolute Gasteiger partial charge is 2.00 e. The minimum Gasteiger partial charge on any atom is -0.545 e. The van der Waals surface area contributed by atoms with Gasteiger partial charge in [-0.05, 0) is 36.8 Å². The molecule has 19 heavy (non-hydrogen) atoms. The van der Waals surface area contributed by atoms with Crippen LogP contribution in [0.15, 0.2) is 23.3 Å². The van der Waals surface area contributed by atoms with Gasteiger partial charge in [0.05, 0.1) is 11.9 Å². The van der Waals surface area contributed by atoms with E-state index in [1.54, 1.807) is 26.0 Å². The first-order valence-electron chi connectivity index (χ1n) is 6.25. The molecule has 104 valence electrons. The van der Waals surface area contributed by atoms with Crippen LogP contribution < -0.4 is 10.2 Å². The summed E-state index contributed by atoms with van der Waals surface area (Å²) in [5.74, 6) is -2.08. The van der Waals surface area contributed by atoms with Crippen LogP contribution in [-0.2, 0) is 29.1 Å². The second-order valence-corrected chi connectivity index (χ2v) is 3.56. The summed E-state index contributed by atoms with van der Waals surface area (Å²) in [5.41, 5.74) is 0.801. The Bertz CT molecular complexity index is 287. The van der Waals surface area contributed by atoms with Crippen LogP contribution in [0.1, 0.15) is 53.4 Å². The maximum atomic E-state index is 10.1. The van der Waals surface area contributed by atoms with Crippen molar-refractivity contribution < 1.29 is 39.3 Å². The summed E-state index contributed by atoms with van der Waals surface area (Å²) in [4.78, 5) is 20.3. The fourth-order valence-electron chi connectivity index (χ4n) is 1.24. The average Bonchev–Trinajstić information content (AvgIpc) is 2.32. The van der Waals surface area contributed by atoms with Crippen molar-refractivity contribution >= 4 is 11.9 Å². The van der Waals surface area contributed by atoms with E-state index in [-0.39, 0.29) is 19.5 Å². The van der Waals surface area contributed by atoms with Gasteiger partial charge in [-0.2, -0.15) is 0 Å². The van der Waals surface area contributed by atoms with Gasteiger partial charge >= 0.3 is 19.5 Å². The molecule has 0 saturated heterocycles. The molecule has 0 radical (unpaired) electrons. The number of carboxylic acids is 2. The van der Waals surface area contributed by atoms with Gasteiger partial charge in [-0.1, -0.05) is 39.8 Å². The second-order valence-electron chi connectivity index (χ2n) is 3.56. The molecule has 0 aromatic heterocycles. The first-order valence-corrected chi connectivity index (χ1v) is 6.25. The van der Waals surface area contributed by atoms with Crippen LogP contribution >= 0.6 is 0 Å². The monoisotopic (exact) mass is 318 g/mol. The van der Waals surface area contributed by atoms with Crippen molar-refractivity contribution in [1.29, 1.82) is 0 Å². The van der Waals surface area contributed by atoms with Crippen molar-refractivity contribution in [1.82, 2.24) is 0 Å². The number of aliphatic carboxylic acids is 2. The number of carbonyl (C=O) groups excluding carboxylic acids is 2. The number of carbonyl (C=O) groups is 2. The van der Waals surface area contributed by atoms with Crippen molar-refractivity contribution in [2.45, 2.75) is 53.4 Å². The molecule has 0 N–H and O–H groups in total. The van der Waals surface area contributed by atoms with Crippen molar-refractivity contribution in [3.63, 3.8) is 0 Å². The second kappa shape index (κ2) is 15.1. The Morgan fingerprint density at radius 1 is 0.789 bits per heavy atom. The predicted molar refractivity (Wildman–Crippen MR) is 67.3 cm³/mol. The summed E-state index contributed by atoms with van der Waals surface area (Å²) in [7, 11) is 0. The maximum absolute atomic E-state index is 10.1. The van der Waals surface area contributed by atoms with Gasteiger partial charge in [0.2, 0.25) is 0 Å². The molecule has 0 amide bonds. The smallest absolute Gasteiger partial charge is 0.545 e. The molecule has 0 unspecified atom stereocenters. The summed E-state index contributed by atoms with van der Waals surface area (Å²) in [6.45, 7) is 7.41. The molecule has 0 saturated carbocycles. The van der Waals surface area contributed by atoms with Crippen LogP contribution in [0.25, 0.3) is 0 Å². The standard InChI is InChI=1S/2C7H12O2.Zn/c2*1-3-5-6(4-2)7(8)9;/h2*5H,3-4H2,1-2H3,(H,8,9);/q;;+2/p-2/b2*6-5-;. The summed E-state index contributed by atoms with van der Waals surface area (Å²) >= 11 is 0. The van der Waals surface area contributed by atoms with E-state index in [2.05, 4.69) is 0 Å². The van der Waals surface area contributed by atoms with Crippen LogP contribution in [0.3, 0.4) is 0 Å². The fourth-order valence-corrected chi connectivity index (χ4v) is 1.24. The van der Waals surface area contributed by atoms with Gasteiger partial charge in [0.1, 0.15) is 0 Å². The minimum atomic E-state index is -1.04. The Kier molecular flexibility index (Phi) is 18.4. The number of carboxylic acid groups (broad SMARTS) is 2. The fraction of sp³-hybridized carbons (Fsp3) is 0.571. The molecule has 5 heteroatoms. The van der Waals surface area contributed by atoms with Crippen LogP contribution in [0.4, 0.5) is 0 Å². The van der Waals surface area contributed by atoms with Gasteiger partial charge in [-0.15, -0.1) is 0 Å². The van der Waals surface area contributed by atoms with Gasteiger partial charge in [0, 0.05) is 0 Å². The number of hydrogen-bond acceptors (Lipinski definition) is 4. The Labute approximate surface area is 128 Å². The molecule has 0 heterocycles. The molecular formula is C14H22O4Zn. The summed E-state index contributed by atoms with van der Waals surface area (Å²) in [6.07, 6.45) is 5.98. The molecule has 0 aliphatic rings. The van der Waals surface area contributed by atoms with Crippen LogP contribution in [0.2, 0.25) is 0 Å². The molecule has 0 aromatic carbocycles. The zero-order chi connectivity index (χ0) is 14.6. The van der Waals surface area contributed by atoms with Crippen LogP contribution in [0.5, 0.6) is 0 Å². The molecule has 0 aromatic rings. The van der Waals surface area contributed by atoms with Gasteiger partial charge < -0.3 is 19.8 Å². The third kappa shape index (κ3) is 13.3. The molecule has 4 nitrogen and oxygen atoms in total. The van der Waals surface area contributed by atoms with E-state index >= 15 is 0 Å². The van der Waals surface area contributed by atoms with Crippen LogP contribution in [-0.4, -0.2) is 11.9 Å². The predicted octanol–water partition coefficient (Wildman–Crippen LogP) is 0.963. The average molecular weight is 320 g/mol. The van der Waals surface area contributed by atoms with Crippen LogP contribution in [0, 0.1) is 0 Å². The first-order chi connectivity index (χ1) is 8.44. The Hall–Kier alpha value is -0.957. The van der Waals surface area contributed by atoms with E-state index in [9.17, 15) is 19.8 Å². The minimum absolute atomic E-state index is 0. The molecular weight excluding hydrogens is 298 g/mol. The number of allylic oxidation sites excluding steroid dienone is 2. The summed E-state index contributed by atoms with van der Waals surface area (Å²) in [6, 6.07) is 0. The first kappa shape index (κ1) is 23.2. The van der Waals surface area contributed by atoms with Crippen molar-refractivity contribution in [2.24, 2.45) is 0 Å². The van der Waals surface area contributed by atoms with E-state index < -0.39 is 11.9 Å². The van der Waals surface area contributed by atoms with E-state index in [1.165, 1.54) is 0 Å². The topological polar surface area (TPSA) is 80.3 Å². The van der Waals surface area contributed by atoms with Gasteiger partial charge in [-0.25, -0.2) is 0 Å². The van der Waals surface area contributed by atoms with E-state index in [1.807, 2.05) is 13.8 Å².